The van der Waals surface area contributed by atoms with Gasteiger partial charge in [-0.15, -0.1) is 11.3 Å². The fourth-order valence-corrected chi connectivity index (χ4v) is 3.76. The van der Waals surface area contributed by atoms with Crippen molar-refractivity contribution in [3.8, 4) is 0 Å². The third-order valence-corrected chi connectivity index (χ3v) is 5.36. The number of rotatable bonds is 6. The van der Waals surface area contributed by atoms with Gasteiger partial charge < -0.3 is 4.90 Å². The van der Waals surface area contributed by atoms with Crippen LogP contribution >= 0.6 is 11.3 Å². The zero-order chi connectivity index (χ0) is 19.2. The van der Waals surface area contributed by atoms with Crippen molar-refractivity contribution < 1.29 is 4.79 Å². The van der Waals surface area contributed by atoms with Crippen LogP contribution in [-0.4, -0.2) is 6.29 Å². The lowest BCUT2D eigenvalue weighted by atomic mass is 10.1. The van der Waals surface area contributed by atoms with Crippen LogP contribution in [0, 0.1) is 0 Å². The number of nitrogens with zero attached hydrogens (tertiary/aromatic N) is 1. The van der Waals surface area contributed by atoms with Gasteiger partial charge in [-0.25, -0.2) is 0 Å². The summed E-state index contributed by atoms with van der Waals surface area (Å²) >= 11 is 1.49. The summed E-state index contributed by atoms with van der Waals surface area (Å²) in [6.07, 6.45) is 5.00. The van der Waals surface area contributed by atoms with Crippen molar-refractivity contribution in [2.75, 3.05) is 4.90 Å². The fraction of sp³-hybridized carbons (Fsp3) is 0. The third kappa shape index (κ3) is 4.11. The maximum absolute atomic E-state index is 10.8. The normalized spacial score (nSPS) is 10.9. The average molecular weight is 382 g/mol. The predicted octanol–water partition coefficient (Wildman–Crippen LogP) is 7.20. The van der Waals surface area contributed by atoms with E-state index < -0.39 is 0 Å². The summed E-state index contributed by atoms with van der Waals surface area (Å²) in [7, 11) is 0. The van der Waals surface area contributed by atoms with Crippen LogP contribution in [0.4, 0.5) is 17.1 Å². The van der Waals surface area contributed by atoms with Crippen LogP contribution in [0.3, 0.4) is 0 Å². The summed E-state index contributed by atoms with van der Waals surface area (Å²) in [6, 6.07) is 33.0. The molecule has 1 aromatic heterocycles. The predicted molar refractivity (Wildman–Crippen MR) is 120 cm³/mol. The number of carbonyl (C=O) groups is 1. The first-order valence-electron chi connectivity index (χ1n) is 9.07. The lowest BCUT2D eigenvalue weighted by molar-refractivity contribution is 0.112. The topological polar surface area (TPSA) is 20.3 Å². The molecule has 0 radical (unpaired) electrons. The molecule has 0 spiro atoms. The van der Waals surface area contributed by atoms with Crippen molar-refractivity contribution in [3.63, 3.8) is 0 Å². The van der Waals surface area contributed by atoms with E-state index in [9.17, 15) is 4.79 Å². The Hall–Kier alpha value is -3.43. The van der Waals surface area contributed by atoms with E-state index in [1.54, 1.807) is 0 Å². The molecule has 4 rings (SSSR count). The van der Waals surface area contributed by atoms with Crippen LogP contribution in [0.1, 0.15) is 20.1 Å². The van der Waals surface area contributed by atoms with Crippen LogP contribution in [0.2, 0.25) is 0 Å². The molecule has 1 heterocycles. The third-order valence-electron chi connectivity index (χ3n) is 4.38. The largest absolute Gasteiger partial charge is 0.311 e. The van der Waals surface area contributed by atoms with Crippen LogP contribution in [0.15, 0.2) is 97.1 Å². The summed E-state index contributed by atoms with van der Waals surface area (Å²) in [4.78, 5) is 14.9. The number of benzene rings is 3. The van der Waals surface area contributed by atoms with Gasteiger partial charge in [-0.3, -0.25) is 4.79 Å². The molecule has 3 aromatic carbocycles. The SMILES string of the molecule is O=Cc1ccc(/C=C/c2ccc(N(c3ccccc3)c3ccccc3)cc2)s1. The first-order valence-corrected chi connectivity index (χ1v) is 9.88. The Morgan fingerprint density at radius 3 is 1.64 bits per heavy atom. The van der Waals surface area contributed by atoms with E-state index in [1.807, 2.05) is 30.3 Å². The molecule has 0 aliphatic heterocycles. The van der Waals surface area contributed by atoms with E-state index in [1.165, 1.54) is 11.3 Å². The van der Waals surface area contributed by atoms with E-state index in [-0.39, 0.29) is 0 Å². The van der Waals surface area contributed by atoms with E-state index in [0.717, 1.165) is 38.7 Å². The maximum atomic E-state index is 10.8. The first kappa shape index (κ1) is 18.0. The quantitative estimate of drug-likeness (QED) is 0.329. The van der Waals surface area contributed by atoms with Crippen molar-refractivity contribution in [2.45, 2.75) is 0 Å². The van der Waals surface area contributed by atoms with Crippen molar-refractivity contribution >= 4 is 46.8 Å². The Kier molecular flexibility index (Phi) is 5.46. The molecule has 2 nitrogen and oxygen atoms in total. The molecular weight excluding hydrogens is 362 g/mol. The summed E-state index contributed by atoms with van der Waals surface area (Å²) in [6.45, 7) is 0. The smallest absolute Gasteiger partial charge is 0.160 e. The molecule has 3 heteroatoms. The van der Waals surface area contributed by atoms with Gasteiger partial charge in [0.1, 0.15) is 0 Å². The van der Waals surface area contributed by atoms with E-state index in [4.69, 9.17) is 0 Å². The van der Waals surface area contributed by atoms with Crippen molar-refractivity contribution in [3.05, 3.63) is 112 Å². The monoisotopic (exact) mass is 381 g/mol. The molecule has 0 amide bonds. The molecule has 0 fully saturated rings. The second-order valence-electron chi connectivity index (χ2n) is 6.29. The Bertz CT molecular complexity index is 1030. The summed E-state index contributed by atoms with van der Waals surface area (Å²) in [5.74, 6) is 0. The highest BCUT2D eigenvalue weighted by Crippen LogP contribution is 2.34. The minimum absolute atomic E-state index is 0.747. The molecule has 0 unspecified atom stereocenters. The number of hydrogen-bond donors (Lipinski definition) is 0. The minimum Gasteiger partial charge on any atom is -0.311 e. The van der Waals surface area contributed by atoms with E-state index in [0.29, 0.717) is 0 Å². The van der Waals surface area contributed by atoms with Crippen LogP contribution in [-0.2, 0) is 0 Å². The zero-order valence-electron chi connectivity index (χ0n) is 15.2. The Morgan fingerprint density at radius 1 is 0.571 bits per heavy atom. The van der Waals surface area contributed by atoms with Crippen LogP contribution in [0.25, 0.3) is 12.2 Å². The minimum atomic E-state index is 0.747. The van der Waals surface area contributed by atoms with Gasteiger partial charge in [0.05, 0.1) is 4.88 Å². The van der Waals surface area contributed by atoms with E-state index in [2.05, 4.69) is 83.8 Å². The average Bonchev–Trinajstić information content (AvgIpc) is 3.23. The fourth-order valence-electron chi connectivity index (χ4n) is 3.04. The van der Waals surface area contributed by atoms with Gasteiger partial charge in [-0.05, 0) is 60.2 Å². The zero-order valence-corrected chi connectivity index (χ0v) is 16.0. The number of hydrogen-bond acceptors (Lipinski definition) is 3. The molecule has 0 bridgehead atoms. The molecule has 0 saturated carbocycles. The van der Waals surface area contributed by atoms with Crippen LogP contribution in [0.5, 0.6) is 0 Å². The standard InChI is InChI=1S/C25H19NOS/c27-19-25-18-17-24(28-25)16-13-20-11-14-23(15-12-20)26(21-7-3-1-4-8-21)22-9-5-2-6-10-22/h1-19H/b16-13+. The molecule has 0 aliphatic carbocycles. The molecule has 4 aromatic rings. The highest BCUT2D eigenvalue weighted by molar-refractivity contribution is 7.14. The van der Waals surface area contributed by atoms with Gasteiger partial charge in [0.2, 0.25) is 0 Å². The number of aldehydes is 1. The highest BCUT2D eigenvalue weighted by Gasteiger charge is 2.11. The molecular formula is C25H19NOS. The highest BCUT2D eigenvalue weighted by atomic mass is 32.1. The maximum Gasteiger partial charge on any atom is 0.160 e. The van der Waals surface area contributed by atoms with Gasteiger partial charge in [0, 0.05) is 21.9 Å². The second-order valence-corrected chi connectivity index (χ2v) is 7.44. The molecule has 0 atom stereocenters. The van der Waals surface area contributed by atoms with Crippen LogP contribution < -0.4 is 4.90 Å². The van der Waals surface area contributed by atoms with Gasteiger partial charge in [0.25, 0.3) is 0 Å². The summed E-state index contributed by atoms with van der Waals surface area (Å²) < 4.78 is 0. The summed E-state index contributed by atoms with van der Waals surface area (Å²) in [5, 5.41) is 0. The molecule has 0 N–H and O–H groups in total. The molecule has 0 aliphatic rings. The van der Waals surface area contributed by atoms with Crippen molar-refractivity contribution in [1.82, 2.24) is 0 Å². The Labute approximate surface area is 169 Å². The lowest BCUT2D eigenvalue weighted by Crippen LogP contribution is -2.09. The van der Waals surface area contributed by atoms with Crippen molar-refractivity contribution in [2.24, 2.45) is 0 Å². The number of para-hydroxylation sites is 2. The van der Waals surface area contributed by atoms with Gasteiger partial charge in [-0.1, -0.05) is 54.6 Å². The molecule has 28 heavy (non-hydrogen) atoms. The Morgan fingerprint density at radius 2 is 1.11 bits per heavy atom. The summed E-state index contributed by atoms with van der Waals surface area (Å²) in [5.41, 5.74) is 4.47. The molecule has 0 saturated heterocycles. The number of thiophene rings is 1. The lowest BCUT2D eigenvalue weighted by Gasteiger charge is -2.25. The van der Waals surface area contributed by atoms with Crippen molar-refractivity contribution in [1.29, 1.82) is 0 Å². The number of carbonyl (C=O) groups excluding carboxylic acids is 1. The second kappa shape index (κ2) is 8.51. The van der Waals surface area contributed by atoms with Gasteiger partial charge in [-0.2, -0.15) is 0 Å². The van der Waals surface area contributed by atoms with Gasteiger partial charge in [0.15, 0.2) is 6.29 Å². The van der Waals surface area contributed by atoms with E-state index >= 15 is 0 Å². The first-order chi connectivity index (χ1) is 13.8. The molecule has 136 valence electrons. The van der Waals surface area contributed by atoms with Gasteiger partial charge >= 0.3 is 0 Å². The number of anilines is 3. The Balaban J connectivity index is 1.62.